The van der Waals surface area contributed by atoms with E-state index < -0.39 is 0 Å². The summed E-state index contributed by atoms with van der Waals surface area (Å²) in [6, 6.07) is 19.0. The van der Waals surface area contributed by atoms with Crippen molar-refractivity contribution in [1.82, 2.24) is 20.1 Å². The molecule has 2 heterocycles. The van der Waals surface area contributed by atoms with E-state index in [1.54, 1.807) is 30.2 Å². The van der Waals surface area contributed by atoms with Gasteiger partial charge in [0.2, 0.25) is 5.91 Å². The molecule has 0 saturated carbocycles. The summed E-state index contributed by atoms with van der Waals surface area (Å²) in [6.07, 6.45) is 3.71. The summed E-state index contributed by atoms with van der Waals surface area (Å²) in [5.41, 5.74) is 1.80. The van der Waals surface area contributed by atoms with Gasteiger partial charge in [-0.05, 0) is 43.2 Å². The first-order chi connectivity index (χ1) is 16.1. The van der Waals surface area contributed by atoms with Crippen LogP contribution in [0.1, 0.15) is 25.0 Å². The molecule has 0 atom stereocenters. The molecule has 0 aliphatic heterocycles. The quantitative estimate of drug-likeness (QED) is 0.201. The first-order valence-electron chi connectivity index (χ1n) is 10.5. The zero-order valence-corrected chi connectivity index (χ0v) is 20.0. The summed E-state index contributed by atoms with van der Waals surface area (Å²) >= 11 is 14.0. The van der Waals surface area contributed by atoms with Gasteiger partial charge in [-0.2, -0.15) is 0 Å². The van der Waals surface area contributed by atoms with Gasteiger partial charge in [0, 0.05) is 17.7 Å². The van der Waals surface area contributed by atoms with Crippen molar-refractivity contribution in [3.8, 4) is 17.1 Å². The van der Waals surface area contributed by atoms with Crippen molar-refractivity contribution in [1.29, 1.82) is 0 Å². The maximum Gasteiger partial charge on any atom is 0.220 e. The van der Waals surface area contributed by atoms with E-state index in [-0.39, 0.29) is 5.91 Å². The summed E-state index contributed by atoms with van der Waals surface area (Å²) in [5.74, 6) is 2.30. The minimum atomic E-state index is 0.0155. The van der Waals surface area contributed by atoms with Crippen LogP contribution in [0.2, 0.25) is 10.0 Å². The lowest BCUT2D eigenvalue weighted by Gasteiger charge is -2.11. The SMILES string of the molecule is O=C(CCCCSc1nnc(-c2ccccc2)n1-c1ccc(Cl)c(Cl)c1)NCc1ccco1. The Kier molecular flexibility index (Phi) is 8.10. The molecule has 0 aliphatic carbocycles. The number of nitrogens with one attached hydrogen (secondary N) is 1. The Labute approximate surface area is 206 Å². The fourth-order valence-electron chi connectivity index (χ4n) is 3.23. The van der Waals surface area contributed by atoms with Gasteiger partial charge in [0.25, 0.3) is 0 Å². The molecular weight excluding hydrogens is 479 g/mol. The Morgan fingerprint density at radius 3 is 2.61 bits per heavy atom. The van der Waals surface area contributed by atoms with Gasteiger partial charge in [0.1, 0.15) is 5.76 Å². The van der Waals surface area contributed by atoms with Crippen LogP contribution < -0.4 is 5.32 Å². The molecule has 0 aliphatic rings. The summed E-state index contributed by atoms with van der Waals surface area (Å²) in [4.78, 5) is 12.0. The van der Waals surface area contributed by atoms with Gasteiger partial charge >= 0.3 is 0 Å². The number of carbonyl (C=O) groups is 1. The number of hydrogen-bond acceptors (Lipinski definition) is 5. The molecule has 170 valence electrons. The molecule has 0 radical (unpaired) electrons. The lowest BCUT2D eigenvalue weighted by atomic mass is 10.2. The van der Waals surface area contributed by atoms with E-state index in [0.717, 1.165) is 46.6 Å². The van der Waals surface area contributed by atoms with E-state index >= 15 is 0 Å². The van der Waals surface area contributed by atoms with E-state index in [9.17, 15) is 4.79 Å². The number of rotatable bonds is 10. The highest BCUT2D eigenvalue weighted by atomic mass is 35.5. The number of hydrogen-bond donors (Lipinski definition) is 1. The third kappa shape index (κ3) is 6.19. The average Bonchev–Trinajstić information content (AvgIpc) is 3.50. The summed E-state index contributed by atoms with van der Waals surface area (Å²) in [6.45, 7) is 0.412. The maximum atomic E-state index is 12.0. The second kappa shape index (κ2) is 11.4. The fraction of sp³-hybridized carbons (Fsp3) is 0.208. The van der Waals surface area contributed by atoms with Crippen LogP contribution >= 0.6 is 35.0 Å². The topological polar surface area (TPSA) is 73.0 Å². The first kappa shape index (κ1) is 23.4. The first-order valence-corrected chi connectivity index (χ1v) is 12.2. The molecule has 33 heavy (non-hydrogen) atoms. The molecule has 0 saturated heterocycles. The summed E-state index contributed by atoms with van der Waals surface area (Å²) in [7, 11) is 0. The van der Waals surface area contributed by atoms with Crippen LogP contribution in [0, 0.1) is 0 Å². The highest BCUT2D eigenvalue weighted by molar-refractivity contribution is 7.99. The molecule has 0 unspecified atom stereocenters. The molecule has 4 aromatic rings. The Morgan fingerprint density at radius 2 is 1.85 bits per heavy atom. The smallest absolute Gasteiger partial charge is 0.220 e. The van der Waals surface area contributed by atoms with Crippen LogP contribution in [0.3, 0.4) is 0 Å². The lowest BCUT2D eigenvalue weighted by Crippen LogP contribution is -2.22. The van der Waals surface area contributed by atoms with Crippen LogP contribution in [0.15, 0.2) is 76.5 Å². The van der Waals surface area contributed by atoms with Gasteiger partial charge in [-0.1, -0.05) is 65.3 Å². The molecule has 1 N–H and O–H groups in total. The second-order valence-corrected chi connectivity index (χ2v) is 9.14. The highest BCUT2D eigenvalue weighted by Gasteiger charge is 2.17. The highest BCUT2D eigenvalue weighted by Crippen LogP contribution is 2.31. The van der Waals surface area contributed by atoms with Crippen molar-refractivity contribution in [2.75, 3.05) is 5.75 Å². The predicted octanol–water partition coefficient (Wildman–Crippen LogP) is 6.41. The minimum Gasteiger partial charge on any atom is -0.467 e. The van der Waals surface area contributed by atoms with E-state index in [1.807, 2.05) is 53.1 Å². The lowest BCUT2D eigenvalue weighted by molar-refractivity contribution is -0.121. The molecule has 0 bridgehead atoms. The van der Waals surface area contributed by atoms with Crippen LogP contribution in [0.5, 0.6) is 0 Å². The Hall–Kier alpha value is -2.74. The van der Waals surface area contributed by atoms with Crippen molar-refractivity contribution in [3.63, 3.8) is 0 Å². The van der Waals surface area contributed by atoms with Gasteiger partial charge < -0.3 is 9.73 Å². The molecule has 0 fully saturated rings. The zero-order valence-electron chi connectivity index (χ0n) is 17.7. The molecular formula is C24H22Cl2N4O2S. The average molecular weight is 501 g/mol. The van der Waals surface area contributed by atoms with Gasteiger partial charge in [0.15, 0.2) is 11.0 Å². The molecule has 4 rings (SSSR count). The van der Waals surface area contributed by atoms with E-state index in [4.69, 9.17) is 27.6 Å². The number of amides is 1. The van der Waals surface area contributed by atoms with Crippen molar-refractivity contribution in [3.05, 3.63) is 82.7 Å². The van der Waals surface area contributed by atoms with Gasteiger partial charge in [-0.15, -0.1) is 10.2 Å². The molecule has 1 amide bonds. The predicted molar refractivity (Wildman–Crippen MR) is 132 cm³/mol. The van der Waals surface area contributed by atoms with Crippen LogP contribution in [0.4, 0.5) is 0 Å². The number of thioether (sulfide) groups is 1. The van der Waals surface area contributed by atoms with Crippen LogP contribution in [-0.2, 0) is 11.3 Å². The Bertz CT molecular complexity index is 1200. The number of nitrogens with zero attached hydrogens (tertiary/aromatic N) is 3. The van der Waals surface area contributed by atoms with Crippen molar-refractivity contribution >= 4 is 40.9 Å². The normalized spacial score (nSPS) is 11.0. The Morgan fingerprint density at radius 1 is 1.00 bits per heavy atom. The number of furan rings is 1. The molecule has 0 spiro atoms. The second-order valence-electron chi connectivity index (χ2n) is 7.27. The number of aromatic nitrogens is 3. The maximum absolute atomic E-state index is 12.0. The molecule has 9 heteroatoms. The number of carbonyl (C=O) groups excluding carboxylic acids is 1. The molecule has 6 nitrogen and oxygen atoms in total. The third-order valence-electron chi connectivity index (χ3n) is 4.90. The van der Waals surface area contributed by atoms with Gasteiger partial charge in [-0.3, -0.25) is 9.36 Å². The van der Waals surface area contributed by atoms with E-state index in [0.29, 0.717) is 23.0 Å². The van der Waals surface area contributed by atoms with Crippen molar-refractivity contribution < 1.29 is 9.21 Å². The van der Waals surface area contributed by atoms with Crippen LogP contribution in [0.25, 0.3) is 17.1 Å². The zero-order chi connectivity index (χ0) is 23.0. The largest absolute Gasteiger partial charge is 0.467 e. The summed E-state index contributed by atoms with van der Waals surface area (Å²) < 4.78 is 7.21. The fourth-order valence-corrected chi connectivity index (χ4v) is 4.48. The number of unbranched alkanes of at least 4 members (excludes halogenated alkanes) is 1. The molecule has 2 aromatic carbocycles. The Balaban J connectivity index is 1.38. The van der Waals surface area contributed by atoms with Crippen molar-refractivity contribution in [2.24, 2.45) is 0 Å². The number of benzene rings is 2. The van der Waals surface area contributed by atoms with Gasteiger partial charge in [0.05, 0.1) is 28.5 Å². The monoisotopic (exact) mass is 500 g/mol. The minimum absolute atomic E-state index is 0.0155. The number of halogens is 2. The van der Waals surface area contributed by atoms with Crippen LogP contribution in [-0.4, -0.2) is 26.4 Å². The standard InChI is InChI=1S/C24H22Cl2N4O2S/c25-20-12-11-18(15-21(20)26)30-23(17-7-2-1-3-8-17)28-29-24(30)33-14-5-4-10-22(31)27-16-19-9-6-13-32-19/h1-3,6-9,11-13,15H,4-5,10,14,16H2,(H,27,31). The van der Waals surface area contributed by atoms with Crippen molar-refractivity contribution in [2.45, 2.75) is 31.0 Å². The molecule has 2 aromatic heterocycles. The summed E-state index contributed by atoms with van der Waals surface area (Å²) in [5, 5.41) is 13.4. The van der Waals surface area contributed by atoms with E-state index in [1.165, 1.54) is 0 Å². The van der Waals surface area contributed by atoms with Gasteiger partial charge in [-0.25, -0.2) is 0 Å². The third-order valence-corrected chi connectivity index (χ3v) is 6.65. The van der Waals surface area contributed by atoms with E-state index in [2.05, 4.69) is 15.5 Å².